The van der Waals surface area contributed by atoms with Gasteiger partial charge in [-0.3, -0.25) is 4.31 Å². The summed E-state index contributed by atoms with van der Waals surface area (Å²) in [6.07, 6.45) is 0. The van der Waals surface area contributed by atoms with Crippen molar-refractivity contribution in [1.82, 2.24) is 4.90 Å². The molecule has 0 N–H and O–H groups in total. The van der Waals surface area contributed by atoms with E-state index in [1.807, 2.05) is 37.2 Å². The van der Waals surface area contributed by atoms with Gasteiger partial charge in [0.1, 0.15) is 13.2 Å². The van der Waals surface area contributed by atoms with E-state index in [4.69, 9.17) is 9.47 Å². The van der Waals surface area contributed by atoms with Crippen molar-refractivity contribution in [2.75, 3.05) is 44.7 Å². The summed E-state index contributed by atoms with van der Waals surface area (Å²) in [5.74, 6) is 1.04. The third-order valence-corrected chi connectivity index (χ3v) is 5.72. The molecule has 0 aliphatic carbocycles. The number of anilines is 1. The van der Waals surface area contributed by atoms with Crippen LogP contribution in [0.15, 0.2) is 53.4 Å². The number of hydrogen-bond donors (Lipinski definition) is 0. The second-order valence-electron chi connectivity index (χ2n) is 6.02. The molecule has 1 heterocycles. The van der Waals surface area contributed by atoms with Crippen LogP contribution in [0.4, 0.5) is 5.69 Å². The zero-order valence-electron chi connectivity index (χ0n) is 14.4. The van der Waals surface area contributed by atoms with Gasteiger partial charge < -0.3 is 14.4 Å². The topological polar surface area (TPSA) is 59.1 Å². The van der Waals surface area contributed by atoms with Crippen molar-refractivity contribution in [2.45, 2.75) is 4.90 Å². The minimum Gasteiger partial charge on any atom is -0.486 e. The Balaban J connectivity index is 1.98. The SMILES string of the molecule is CN(C)CCN(c1ccccc1)S(=O)(=O)c1ccc2c(c1)OCCO2. The number of rotatable bonds is 6. The molecule has 0 aromatic heterocycles. The molecule has 2 aromatic carbocycles. The van der Waals surface area contributed by atoms with Crippen LogP contribution in [0.3, 0.4) is 0 Å². The predicted octanol–water partition coefficient (Wildman–Crippen LogP) is 2.21. The Morgan fingerprint density at radius 2 is 1.60 bits per heavy atom. The van der Waals surface area contributed by atoms with E-state index in [2.05, 4.69) is 0 Å². The van der Waals surface area contributed by atoms with Gasteiger partial charge in [-0.1, -0.05) is 18.2 Å². The molecule has 7 heteroatoms. The second-order valence-corrected chi connectivity index (χ2v) is 7.88. The van der Waals surface area contributed by atoms with E-state index in [0.29, 0.717) is 43.5 Å². The van der Waals surface area contributed by atoms with Gasteiger partial charge in [-0.15, -0.1) is 0 Å². The highest BCUT2D eigenvalue weighted by molar-refractivity contribution is 7.92. The molecule has 1 aliphatic rings. The maximum atomic E-state index is 13.2. The molecule has 3 rings (SSSR count). The summed E-state index contributed by atoms with van der Waals surface area (Å²) in [5.41, 5.74) is 0.638. The van der Waals surface area contributed by atoms with Crippen LogP contribution in [0.5, 0.6) is 11.5 Å². The van der Waals surface area contributed by atoms with E-state index in [0.717, 1.165) is 0 Å². The number of nitrogens with zero attached hydrogens (tertiary/aromatic N) is 2. The highest BCUT2D eigenvalue weighted by Crippen LogP contribution is 2.34. The average molecular weight is 362 g/mol. The van der Waals surface area contributed by atoms with Crippen LogP contribution < -0.4 is 13.8 Å². The summed E-state index contributed by atoms with van der Waals surface area (Å²) in [6, 6.07) is 13.9. The molecule has 0 saturated heterocycles. The van der Waals surface area contributed by atoms with Gasteiger partial charge in [-0.25, -0.2) is 8.42 Å². The fourth-order valence-electron chi connectivity index (χ4n) is 2.58. The van der Waals surface area contributed by atoms with Crippen LogP contribution >= 0.6 is 0 Å². The van der Waals surface area contributed by atoms with Crippen molar-refractivity contribution in [3.8, 4) is 11.5 Å². The van der Waals surface area contributed by atoms with E-state index in [9.17, 15) is 8.42 Å². The first-order valence-corrected chi connectivity index (χ1v) is 9.54. The van der Waals surface area contributed by atoms with Crippen molar-refractivity contribution < 1.29 is 17.9 Å². The summed E-state index contributed by atoms with van der Waals surface area (Å²) >= 11 is 0. The summed E-state index contributed by atoms with van der Waals surface area (Å²) in [7, 11) is 0.121. The lowest BCUT2D eigenvalue weighted by molar-refractivity contribution is 0.171. The van der Waals surface area contributed by atoms with E-state index in [1.54, 1.807) is 24.3 Å². The van der Waals surface area contributed by atoms with Crippen molar-refractivity contribution in [3.05, 3.63) is 48.5 Å². The second kappa shape index (κ2) is 7.33. The molecule has 0 radical (unpaired) electrons. The van der Waals surface area contributed by atoms with Gasteiger partial charge in [0, 0.05) is 19.2 Å². The fraction of sp³-hybridized carbons (Fsp3) is 0.333. The van der Waals surface area contributed by atoms with Crippen molar-refractivity contribution in [2.24, 2.45) is 0 Å². The van der Waals surface area contributed by atoms with Gasteiger partial charge in [0.2, 0.25) is 0 Å². The fourth-order valence-corrected chi connectivity index (χ4v) is 4.06. The van der Waals surface area contributed by atoms with Gasteiger partial charge in [-0.2, -0.15) is 0 Å². The lowest BCUT2D eigenvalue weighted by Gasteiger charge is -2.26. The molecule has 1 aliphatic heterocycles. The molecular formula is C18H22N2O4S. The van der Waals surface area contributed by atoms with Crippen LogP contribution in [0.2, 0.25) is 0 Å². The first kappa shape index (κ1) is 17.6. The third-order valence-electron chi connectivity index (χ3n) is 3.90. The standard InChI is InChI=1S/C18H22N2O4S/c1-19(2)10-11-20(15-6-4-3-5-7-15)25(21,22)16-8-9-17-18(14-16)24-13-12-23-17/h3-9,14H,10-13H2,1-2H3. The largest absolute Gasteiger partial charge is 0.486 e. The molecule has 0 atom stereocenters. The molecule has 0 fully saturated rings. The highest BCUT2D eigenvalue weighted by Gasteiger charge is 2.26. The average Bonchev–Trinajstić information content (AvgIpc) is 2.62. The van der Waals surface area contributed by atoms with Crippen LogP contribution in [-0.4, -0.2) is 53.7 Å². The minimum atomic E-state index is -3.71. The number of hydrogen-bond acceptors (Lipinski definition) is 5. The number of sulfonamides is 1. The minimum absolute atomic E-state index is 0.194. The molecule has 0 unspecified atom stereocenters. The number of benzene rings is 2. The Morgan fingerprint density at radius 3 is 2.28 bits per heavy atom. The van der Waals surface area contributed by atoms with Gasteiger partial charge in [0.05, 0.1) is 10.6 Å². The molecule has 0 spiro atoms. The summed E-state index contributed by atoms with van der Waals surface area (Å²) in [5, 5.41) is 0. The Labute approximate surface area is 148 Å². The number of ether oxygens (including phenoxy) is 2. The van der Waals surface area contributed by atoms with Crippen molar-refractivity contribution in [1.29, 1.82) is 0 Å². The smallest absolute Gasteiger partial charge is 0.264 e. The van der Waals surface area contributed by atoms with E-state index in [1.165, 1.54) is 10.4 Å². The predicted molar refractivity (Wildman–Crippen MR) is 97.0 cm³/mol. The summed E-state index contributed by atoms with van der Waals surface area (Å²) < 4.78 is 38.9. The van der Waals surface area contributed by atoms with Crippen molar-refractivity contribution >= 4 is 15.7 Å². The Hall–Kier alpha value is -2.25. The lowest BCUT2D eigenvalue weighted by Crippen LogP contribution is -2.36. The molecule has 0 amide bonds. The number of para-hydroxylation sites is 1. The molecule has 25 heavy (non-hydrogen) atoms. The summed E-state index contributed by atoms with van der Waals surface area (Å²) in [6.45, 7) is 1.85. The van der Waals surface area contributed by atoms with Crippen molar-refractivity contribution in [3.63, 3.8) is 0 Å². The highest BCUT2D eigenvalue weighted by atomic mass is 32.2. The molecule has 2 aromatic rings. The van der Waals surface area contributed by atoms with E-state index >= 15 is 0 Å². The maximum absolute atomic E-state index is 13.2. The number of fused-ring (bicyclic) bond motifs is 1. The normalized spacial score (nSPS) is 13.7. The summed E-state index contributed by atoms with van der Waals surface area (Å²) in [4.78, 5) is 2.15. The quantitative estimate of drug-likeness (QED) is 0.789. The Kier molecular flexibility index (Phi) is 5.15. The molecule has 0 saturated carbocycles. The van der Waals surface area contributed by atoms with Crippen LogP contribution in [0.25, 0.3) is 0 Å². The Morgan fingerprint density at radius 1 is 0.920 bits per heavy atom. The third kappa shape index (κ3) is 3.88. The maximum Gasteiger partial charge on any atom is 0.264 e. The molecule has 0 bridgehead atoms. The van der Waals surface area contributed by atoms with Crippen LogP contribution in [0.1, 0.15) is 0 Å². The zero-order chi connectivity index (χ0) is 17.9. The monoisotopic (exact) mass is 362 g/mol. The van der Waals surface area contributed by atoms with Crippen LogP contribution in [0, 0.1) is 0 Å². The first-order valence-electron chi connectivity index (χ1n) is 8.10. The van der Waals surface area contributed by atoms with Gasteiger partial charge in [-0.05, 0) is 38.4 Å². The van der Waals surface area contributed by atoms with Crippen LogP contribution in [-0.2, 0) is 10.0 Å². The zero-order valence-corrected chi connectivity index (χ0v) is 15.2. The molecule has 134 valence electrons. The lowest BCUT2D eigenvalue weighted by atomic mass is 10.3. The first-order chi connectivity index (χ1) is 12.0. The van der Waals surface area contributed by atoms with Gasteiger partial charge >= 0.3 is 0 Å². The molecule has 6 nitrogen and oxygen atoms in total. The number of likely N-dealkylation sites (N-methyl/N-ethyl adjacent to an activating group) is 1. The van der Waals surface area contributed by atoms with E-state index in [-0.39, 0.29) is 4.90 Å². The molecular weight excluding hydrogens is 340 g/mol. The van der Waals surface area contributed by atoms with Gasteiger partial charge in [0.25, 0.3) is 10.0 Å². The Bertz CT molecular complexity index is 822. The van der Waals surface area contributed by atoms with E-state index < -0.39 is 10.0 Å². The van der Waals surface area contributed by atoms with Gasteiger partial charge in [0.15, 0.2) is 11.5 Å².